The number of benzene rings is 2. The van der Waals surface area contributed by atoms with E-state index < -0.39 is 0 Å². The average molecular weight is 329 g/mol. The molecule has 0 aliphatic rings. The lowest BCUT2D eigenvalue weighted by Crippen LogP contribution is -2.33. The standard InChI is InChI=1S/C18H17ClN2O2/c19-16-8-4-7-15(13-16)18(23)21-12-11-20-17(22)10-9-14-5-2-1-3-6-14/h1-10,13H,11-12H2,(H,20,22)(H,21,23)/b10-9+. The average Bonchev–Trinajstić information content (AvgIpc) is 2.57. The lowest BCUT2D eigenvalue weighted by Gasteiger charge is -2.06. The molecule has 23 heavy (non-hydrogen) atoms. The van der Waals surface area contributed by atoms with E-state index >= 15 is 0 Å². The Hall–Kier alpha value is -2.59. The molecule has 0 aromatic heterocycles. The molecule has 0 spiro atoms. The molecule has 2 aromatic rings. The van der Waals surface area contributed by atoms with Crippen molar-refractivity contribution in [2.24, 2.45) is 0 Å². The maximum atomic E-state index is 11.9. The Kier molecular flexibility index (Phi) is 6.39. The second kappa shape index (κ2) is 8.76. The summed E-state index contributed by atoms with van der Waals surface area (Å²) in [6.45, 7) is 0.695. The molecule has 0 atom stereocenters. The molecular weight excluding hydrogens is 312 g/mol. The predicted octanol–water partition coefficient (Wildman–Crippen LogP) is 2.90. The zero-order valence-electron chi connectivity index (χ0n) is 12.5. The number of halogens is 1. The Morgan fingerprint density at radius 2 is 1.70 bits per heavy atom. The third-order valence-corrected chi connectivity index (χ3v) is 3.26. The van der Waals surface area contributed by atoms with Crippen molar-refractivity contribution in [1.29, 1.82) is 0 Å². The third kappa shape index (κ3) is 5.96. The smallest absolute Gasteiger partial charge is 0.251 e. The first-order chi connectivity index (χ1) is 11.1. The zero-order valence-corrected chi connectivity index (χ0v) is 13.2. The van der Waals surface area contributed by atoms with Gasteiger partial charge in [0.05, 0.1) is 0 Å². The molecule has 0 heterocycles. The molecule has 0 fully saturated rings. The summed E-state index contributed by atoms with van der Waals surface area (Å²) < 4.78 is 0. The molecule has 2 aromatic carbocycles. The Balaban J connectivity index is 1.70. The van der Waals surface area contributed by atoms with Crippen LogP contribution in [0.1, 0.15) is 15.9 Å². The van der Waals surface area contributed by atoms with Crippen molar-refractivity contribution in [2.45, 2.75) is 0 Å². The number of rotatable bonds is 6. The molecule has 4 nitrogen and oxygen atoms in total. The molecule has 0 saturated carbocycles. The summed E-state index contributed by atoms with van der Waals surface area (Å²) in [5.41, 5.74) is 1.45. The third-order valence-electron chi connectivity index (χ3n) is 3.02. The zero-order chi connectivity index (χ0) is 16.5. The van der Waals surface area contributed by atoms with Gasteiger partial charge in [-0.25, -0.2) is 0 Å². The highest BCUT2D eigenvalue weighted by Crippen LogP contribution is 2.10. The van der Waals surface area contributed by atoms with Crippen LogP contribution in [-0.2, 0) is 4.79 Å². The number of carbonyl (C=O) groups is 2. The molecule has 0 radical (unpaired) electrons. The van der Waals surface area contributed by atoms with E-state index in [-0.39, 0.29) is 11.8 Å². The van der Waals surface area contributed by atoms with Gasteiger partial charge in [-0.15, -0.1) is 0 Å². The number of amides is 2. The summed E-state index contributed by atoms with van der Waals surface area (Å²) in [5.74, 6) is -0.424. The van der Waals surface area contributed by atoms with E-state index in [1.807, 2.05) is 30.3 Å². The van der Waals surface area contributed by atoms with Gasteiger partial charge in [0.15, 0.2) is 0 Å². The topological polar surface area (TPSA) is 58.2 Å². The van der Waals surface area contributed by atoms with Crippen molar-refractivity contribution in [3.63, 3.8) is 0 Å². The minimum Gasteiger partial charge on any atom is -0.351 e. The van der Waals surface area contributed by atoms with Gasteiger partial charge in [-0.3, -0.25) is 9.59 Å². The van der Waals surface area contributed by atoms with Crippen LogP contribution in [0.4, 0.5) is 0 Å². The van der Waals surface area contributed by atoms with Crippen molar-refractivity contribution in [3.05, 3.63) is 76.8 Å². The van der Waals surface area contributed by atoms with Crippen LogP contribution in [0.3, 0.4) is 0 Å². The molecular formula is C18H17ClN2O2. The van der Waals surface area contributed by atoms with E-state index in [2.05, 4.69) is 10.6 Å². The van der Waals surface area contributed by atoms with Crippen LogP contribution < -0.4 is 10.6 Å². The van der Waals surface area contributed by atoms with Crippen LogP contribution >= 0.6 is 11.6 Å². The van der Waals surface area contributed by atoms with Crippen molar-refractivity contribution < 1.29 is 9.59 Å². The van der Waals surface area contributed by atoms with Gasteiger partial charge in [-0.2, -0.15) is 0 Å². The van der Waals surface area contributed by atoms with Crippen LogP contribution in [0, 0.1) is 0 Å². The van der Waals surface area contributed by atoms with Gasteiger partial charge in [-0.1, -0.05) is 48.0 Å². The highest BCUT2D eigenvalue weighted by atomic mass is 35.5. The minimum absolute atomic E-state index is 0.203. The van der Waals surface area contributed by atoms with Gasteiger partial charge < -0.3 is 10.6 Å². The van der Waals surface area contributed by atoms with Crippen LogP contribution in [-0.4, -0.2) is 24.9 Å². The fourth-order valence-corrected chi connectivity index (χ4v) is 2.08. The van der Waals surface area contributed by atoms with Crippen LogP contribution in [0.5, 0.6) is 0 Å². The van der Waals surface area contributed by atoms with Crippen molar-refractivity contribution in [2.75, 3.05) is 13.1 Å². The van der Waals surface area contributed by atoms with Gasteiger partial charge >= 0.3 is 0 Å². The van der Waals surface area contributed by atoms with Gasteiger partial charge in [0.25, 0.3) is 5.91 Å². The largest absolute Gasteiger partial charge is 0.351 e. The fraction of sp³-hybridized carbons (Fsp3) is 0.111. The van der Waals surface area contributed by atoms with Crippen LogP contribution in [0.25, 0.3) is 6.08 Å². The molecule has 5 heteroatoms. The van der Waals surface area contributed by atoms with E-state index in [4.69, 9.17) is 11.6 Å². The van der Waals surface area contributed by atoms with E-state index in [1.165, 1.54) is 6.08 Å². The second-order valence-electron chi connectivity index (χ2n) is 4.80. The highest BCUT2D eigenvalue weighted by Gasteiger charge is 2.04. The lowest BCUT2D eigenvalue weighted by atomic mass is 10.2. The van der Waals surface area contributed by atoms with Gasteiger partial charge in [0, 0.05) is 29.8 Å². The molecule has 0 aliphatic carbocycles. The van der Waals surface area contributed by atoms with E-state index in [0.717, 1.165) is 5.56 Å². The number of carbonyl (C=O) groups excluding carboxylic acids is 2. The van der Waals surface area contributed by atoms with E-state index in [9.17, 15) is 9.59 Å². The SMILES string of the molecule is O=C(/C=C/c1ccccc1)NCCNC(=O)c1cccc(Cl)c1. The van der Waals surface area contributed by atoms with Gasteiger partial charge in [0.2, 0.25) is 5.91 Å². The molecule has 0 unspecified atom stereocenters. The molecule has 2 N–H and O–H groups in total. The summed E-state index contributed by atoms with van der Waals surface area (Å²) in [6, 6.07) is 16.3. The predicted molar refractivity (Wildman–Crippen MR) is 92.3 cm³/mol. The van der Waals surface area contributed by atoms with Crippen LogP contribution in [0.15, 0.2) is 60.7 Å². The molecule has 0 saturated heterocycles. The first-order valence-corrected chi connectivity index (χ1v) is 7.58. The number of nitrogens with one attached hydrogen (secondary N) is 2. The minimum atomic E-state index is -0.221. The first kappa shape index (κ1) is 16.8. The summed E-state index contributed by atoms with van der Waals surface area (Å²) in [6.07, 6.45) is 3.20. The maximum absolute atomic E-state index is 11.9. The fourth-order valence-electron chi connectivity index (χ4n) is 1.89. The molecule has 0 bridgehead atoms. The second-order valence-corrected chi connectivity index (χ2v) is 5.24. The monoisotopic (exact) mass is 328 g/mol. The lowest BCUT2D eigenvalue weighted by molar-refractivity contribution is -0.116. The van der Waals surface area contributed by atoms with Gasteiger partial charge in [-0.05, 0) is 29.8 Å². The molecule has 2 amide bonds. The number of hydrogen-bond donors (Lipinski definition) is 2. The molecule has 0 aliphatic heterocycles. The summed E-state index contributed by atoms with van der Waals surface area (Å²) in [4.78, 5) is 23.5. The van der Waals surface area contributed by atoms with E-state index in [1.54, 1.807) is 30.3 Å². The molecule has 2 rings (SSSR count). The Morgan fingerprint density at radius 3 is 2.43 bits per heavy atom. The summed E-state index contributed by atoms with van der Waals surface area (Å²) in [5, 5.41) is 5.93. The Bertz CT molecular complexity index is 699. The summed E-state index contributed by atoms with van der Waals surface area (Å²) in [7, 11) is 0. The Labute approximate surface area is 140 Å². The van der Waals surface area contributed by atoms with E-state index in [0.29, 0.717) is 23.7 Å². The van der Waals surface area contributed by atoms with Crippen molar-refractivity contribution in [3.8, 4) is 0 Å². The van der Waals surface area contributed by atoms with Gasteiger partial charge in [0.1, 0.15) is 0 Å². The maximum Gasteiger partial charge on any atom is 0.251 e. The Morgan fingerprint density at radius 1 is 0.957 bits per heavy atom. The van der Waals surface area contributed by atoms with Crippen LogP contribution in [0.2, 0.25) is 5.02 Å². The normalized spacial score (nSPS) is 10.5. The first-order valence-electron chi connectivity index (χ1n) is 7.20. The van der Waals surface area contributed by atoms with Crippen molar-refractivity contribution in [1.82, 2.24) is 10.6 Å². The highest BCUT2D eigenvalue weighted by molar-refractivity contribution is 6.30. The summed E-state index contributed by atoms with van der Waals surface area (Å²) >= 11 is 5.83. The molecule has 118 valence electrons. The van der Waals surface area contributed by atoms with Crippen molar-refractivity contribution >= 4 is 29.5 Å². The number of hydrogen-bond acceptors (Lipinski definition) is 2. The quantitative estimate of drug-likeness (QED) is 0.633.